The highest BCUT2D eigenvalue weighted by molar-refractivity contribution is 5.49. The smallest absolute Gasteiger partial charge is 0.135 e. The highest BCUT2D eigenvalue weighted by Crippen LogP contribution is 2.29. The second-order valence-electron chi connectivity index (χ2n) is 6.20. The molecule has 0 saturated carbocycles. The van der Waals surface area contributed by atoms with Gasteiger partial charge < -0.3 is 10.2 Å². The number of aromatic nitrogens is 2. The average molecular weight is 274 g/mol. The van der Waals surface area contributed by atoms with Crippen LogP contribution in [0, 0.1) is 5.92 Å². The van der Waals surface area contributed by atoms with Crippen LogP contribution in [-0.4, -0.2) is 36.6 Å². The number of fused-ring (bicyclic) bond motifs is 1. The molecule has 4 nitrogen and oxygen atoms in total. The molecule has 20 heavy (non-hydrogen) atoms. The first-order valence-corrected chi connectivity index (χ1v) is 8.11. The Hall–Kier alpha value is -1.16. The van der Waals surface area contributed by atoms with Crippen LogP contribution in [0.15, 0.2) is 6.33 Å². The summed E-state index contributed by atoms with van der Waals surface area (Å²) < 4.78 is 0. The predicted molar refractivity (Wildman–Crippen MR) is 82.2 cm³/mol. The molecule has 0 aromatic carbocycles. The number of hydrogen-bond acceptors (Lipinski definition) is 4. The van der Waals surface area contributed by atoms with E-state index in [1.54, 1.807) is 6.33 Å². The number of hydrogen-bond donors (Lipinski definition) is 1. The van der Waals surface area contributed by atoms with Crippen molar-refractivity contribution in [3.63, 3.8) is 0 Å². The van der Waals surface area contributed by atoms with E-state index in [1.807, 2.05) is 0 Å². The third-order valence-electron chi connectivity index (χ3n) is 4.66. The van der Waals surface area contributed by atoms with Gasteiger partial charge in [-0.3, -0.25) is 0 Å². The van der Waals surface area contributed by atoms with Gasteiger partial charge in [-0.2, -0.15) is 0 Å². The first-order valence-electron chi connectivity index (χ1n) is 8.11. The Morgan fingerprint density at radius 3 is 3.00 bits per heavy atom. The van der Waals surface area contributed by atoms with E-state index in [4.69, 9.17) is 0 Å². The molecule has 1 aromatic heterocycles. The molecule has 1 fully saturated rings. The SMILES string of the molecule is CNCC1CCCN(c2ncnc3c2CCCCC3)C1. The van der Waals surface area contributed by atoms with E-state index >= 15 is 0 Å². The van der Waals surface area contributed by atoms with E-state index in [-0.39, 0.29) is 0 Å². The van der Waals surface area contributed by atoms with Crippen LogP contribution in [0.5, 0.6) is 0 Å². The van der Waals surface area contributed by atoms with E-state index in [9.17, 15) is 0 Å². The number of anilines is 1. The lowest BCUT2D eigenvalue weighted by Crippen LogP contribution is -2.40. The van der Waals surface area contributed by atoms with Crippen molar-refractivity contribution in [3.05, 3.63) is 17.6 Å². The lowest BCUT2D eigenvalue weighted by molar-refractivity contribution is 0.400. The molecule has 110 valence electrons. The summed E-state index contributed by atoms with van der Waals surface area (Å²) in [4.78, 5) is 11.7. The van der Waals surface area contributed by atoms with E-state index in [1.165, 1.54) is 55.6 Å². The number of rotatable bonds is 3. The predicted octanol–water partition coefficient (Wildman–Crippen LogP) is 2.18. The quantitative estimate of drug-likeness (QED) is 0.858. The minimum absolute atomic E-state index is 0.755. The van der Waals surface area contributed by atoms with Crippen molar-refractivity contribution in [2.75, 3.05) is 31.6 Å². The average Bonchev–Trinajstić information content (AvgIpc) is 2.73. The van der Waals surface area contributed by atoms with Gasteiger partial charge in [0.15, 0.2) is 0 Å². The third-order valence-corrected chi connectivity index (χ3v) is 4.66. The van der Waals surface area contributed by atoms with Gasteiger partial charge in [-0.05, 0) is 58.0 Å². The molecular weight excluding hydrogens is 248 g/mol. The maximum atomic E-state index is 4.65. The van der Waals surface area contributed by atoms with Crippen LogP contribution in [-0.2, 0) is 12.8 Å². The lowest BCUT2D eigenvalue weighted by Gasteiger charge is -2.34. The van der Waals surface area contributed by atoms with E-state index in [2.05, 4.69) is 27.2 Å². The second kappa shape index (κ2) is 6.53. The van der Waals surface area contributed by atoms with Crippen molar-refractivity contribution in [1.29, 1.82) is 0 Å². The second-order valence-corrected chi connectivity index (χ2v) is 6.20. The largest absolute Gasteiger partial charge is 0.356 e. The van der Waals surface area contributed by atoms with Gasteiger partial charge in [0, 0.05) is 24.3 Å². The van der Waals surface area contributed by atoms with Gasteiger partial charge in [0.1, 0.15) is 12.1 Å². The Labute approximate surface area is 122 Å². The highest BCUT2D eigenvalue weighted by Gasteiger charge is 2.24. The minimum Gasteiger partial charge on any atom is -0.356 e. The molecule has 0 spiro atoms. The van der Waals surface area contributed by atoms with Gasteiger partial charge in [-0.15, -0.1) is 0 Å². The molecular formula is C16H26N4. The number of aryl methyl sites for hydroxylation is 1. The van der Waals surface area contributed by atoms with Crippen LogP contribution in [0.1, 0.15) is 43.4 Å². The van der Waals surface area contributed by atoms with Crippen LogP contribution >= 0.6 is 0 Å². The molecule has 1 aliphatic heterocycles. The van der Waals surface area contributed by atoms with E-state index in [0.717, 1.165) is 32.0 Å². The van der Waals surface area contributed by atoms with Crippen molar-refractivity contribution in [1.82, 2.24) is 15.3 Å². The van der Waals surface area contributed by atoms with Gasteiger partial charge in [-0.1, -0.05) is 6.42 Å². The molecule has 2 aliphatic rings. The molecule has 1 N–H and O–H groups in total. The van der Waals surface area contributed by atoms with E-state index < -0.39 is 0 Å². The van der Waals surface area contributed by atoms with Crippen LogP contribution in [0.4, 0.5) is 5.82 Å². The molecule has 0 amide bonds. The minimum atomic E-state index is 0.755. The van der Waals surface area contributed by atoms with Gasteiger partial charge in [-0.25, -0.2) is 9.97 Å². The number of nitrogens with one attached hydrogen (secondary N) is 1. The lowest BCUT2D eigenvalue weighted by atomic mass is 9.97. The Morgan fingerprint density at radius 1 is 1.20 bits per heavy atom. The Bertz CT molecular complexity index is 444. The molecule has 1 atom stereocenters. The monoisotopic (exact) mass is 274 g/mol. The van der Waals surface area contributed by atoms with Gasteiger partial charge in [0.2, 0.25) is 0 Å². The van der Waals surface area contributed by atoms with Crippen LogP contribution in [0.2, 0.25) is 0 Å². The summed E-state index contributed by atoms with van der Waals surface area (Å²) in [5.41, 5.74) is 2.75. The van der Waals surface area contributed by atoms with Crippen molar-refractivity contribution in [2.24, 2.45) is 5.92 Å². The van der Waals surface area contributed by atoms with Gasteiger partial charge >= 0.3 is 0 Å². The summed E-state index contributed by atoms with van der Waals surface area (Å²) in [6, 6.07) is 0. The summed E-state index contributed by atoms with van der Waals surface area (Å²) in [5, 5.41) is 3.32. The molecule has 1 unspecified atom stereocenters. The molecule has 0 bridgehead atoms. The standard InChI is InChI=1S/C16H26N4/c1-17-10-13-6-5-9-20(11-13)16-14-7-3-2-4-8-15(14)18-12-19-16/h12-13,17H,2-11H2,1H3. The van der Waals surface area contributed by atoms with Crippen LogP contribution in [0.25, 0.3) is 0 Å². The van der Waals surface area contributed by atoms with Crippen molar-refractivity contribution in [3.8, 4) is 0 Å². The third kappa shape index (κ3) is 2.95. The molecule has 1 aromatic rings. The molecule has 4 heteroatoms. The van der Waals surface area contributed by atoms with Gasteiger partial charge in [0.25, 0.3) is 0 Å². The Morgan fingerprint density at radius 2 is 2.10 bits per heavy atom. The highest BCUT2D eigenvalue weighted by atomic mass is 15.2. The first kappa shape index (κ1) is 13.8. The first-order chi connectivity index (χ1) is 9.88. The maximum Gasteiger partial charge on any atom is 0.135 e. The van der Waals surface area contributed by atoms with Crippen LogP contribution < -0.4 is 10.2 Å². The summed E-state index contributed by atoms with van der Waals surface area (Å²) in [5.74, 6) is 1.99. The zero-order valence-corrected chi connectivity index (χ0v) is 12.6. The molecule has 1 aliphatic carbocycles. The van der Waals surface area contributed by atoms with Gasteiger partial charge in [0.05, 0.1) is 0 Å². The summed E-state index contributed by atoms with van der Waals surface area (Å²) in [7, 11) is 2.05. The number of piperidine rings is 1. The fourth-order valence-electron chi connectivity index (χ4n) is 3.67. The molecule has 1 saturated heterocycles. The fraction of sp³-hybridized carbons (Fsp3) is 0.750. The molecule has 2 heterocycles. The van der Waals surface area contributed by atoms with E-state index in [0.29, 0.717) is 0 Å². The Balaban J connectivity index is 1.82. The van der Waals surface area contributed by atoms with Crippen molar-refractivity contribution >= 4 is 5.82 Å². The topological polar surface area (TPSA) is 41.0 Å². The zero-order valence-electron chi connectivity index (χ0n) is 12.6. The molecule has 0 radical (unpaired) electrons. The van der Waals surface area contributed by atoms with Crippen LogP contribution in [0.3, 0.4) is 0 Å². The number of nitrogens with zero attached hydrogens (tertiary/aromatic N) is 3. The summed E-state index contributed by atoms with van der Waals surface area (Å²) in [6.07, 6.45) is 10.6. The van der Waals surface area contributed by atoms with Crippen molar-refractivity contribution < 1.29 is 0 Å². The Kier molecular flexibility index (Phi) is 4.51. The summed E-state index contributed by atoms with van der Waals surface area (Å²) in [6.45, 7) is 3.41. The van der Waals surface area contributed by atoms with Crippen molar-refractivity contribution in [2.45, 2.75) is 44.9 Å². The maximum absolute atomic E-state index is 4.65. The fourth-order valence-corrected chi connectivity index (χ4v) is 3.67. The summed E-state index contributed by atoms with van der Waals surface area (Å²) >= 11 is 0. The normalized spacial score (nSPS) is 23.2. The zero-order chi connectivity index (χ0) is 13.8. The molecule has 3 rings (SSSR count).